The Hall–Kier alpha value is -1.96. The Kier molecular flexibility index (Phi) is 3.66. The highest BCUT2D eigenvalue weighted by Gasteiger charge is 2.00. The van der Waals surface area contributed by atoms with Crippen molar-refractivity contribution >= 4 is 6.08 Å². The zero-order valence-electron chi connectivity index (χ0n) is 10.0. The van der Waals surface area contributed by atoms with Gasteiger partial charge in [0, 0.05) is 5.70 Å². The maximum atomic E-state index is 5.74. The van der Waals surface area contributed by atoms with Crippen molar-refractivity contribution in [2.45, 2.75) is 19.8 Å². The number of allylic oxidation sites excluding steroid dienone is 4. The fourth-order valence-electron chi connectivity index (χ4n) is 1.70. The molecule has 0 spiro atoms. The van der Waals surface area contributed by atoms with Gasteiger partial charge in [0.15, 0.2) is 0 Å². The summed E-state index contributed by atoms with van der Waals surface area (Å²) in [6, 6.07) is 7.91. The molecule has 0 saturated carbocycles. The molecule has 1 aliphatic carbocycles. The van der Waals surface area contributed by atoms with Crippen LogP contribution < -0.4 is 10.5 Å². The second kappa shape index (κ2) is 5.39. The van der Waals surface area contributed by atoms with Crippen LogP contribution in [0.15, 0.2) is 53.9 Å². The molecule has 1 aliphatic rings. The molecule has 2 nitrogen and oxygen atoms in total. The highest BCUT2D eigenvalue weighted by atomic mass is 16.5. The van der Waals surface area contributed by atoms with Gasteiger partial charge in [-0.05, 0) is 55.7 Å². The van der Waals surface area contributed by atoms with E-state index in [2.05, 4.69) is 12.2 Å². The van der Waals surface area contributed by atoms with Gasteiger partial charge in [-0.25, -0.2) is 0 Å². The fraction of sp³-hybridized carbons (Fsp3) is 0.200. The molecule has 0 aromatic heterocycles. The Balaban J connectivity index is 2.05. The minimum absolute atomic E-state index is 0.802. The Labute approximate surface area is 102 Å². The molecule has 0 amide bonds. The lowest BCUT2D eigenvalue weighted by Gasteiger charge is -2.09. The molecule has 0 unspecified atom stereocenters. The summed E-state index contributed by atoms with van der Waals surface area (Å²) in [5.41, 5.74) is 7.51. The van der Waals surface area contributed by atoms with Gasteiger partial charge in [-0.1, -0.05) is 18.2 Å². The first-order chi connectivity index (χ1) is 8.24. The highest BCUT2D eigenvalue weighted by Crippen LogP contribution is 2.19. The van der Waals surface area contributed by atoms with E-state index < -0.39 is 0 Å². The van der Waals surface area contributed by atoms with Gasteiger partial charge in [0.05, 0.1) is 0 Å². The monoisotopic (exact) mass is 227 g/mol. The largest absolute Gasteiger partial charge is 0.458 e. The van der Waals surface area contributed by atoms with Gasteiger partial charge in [0.1, 0.15) is 11.5 Å². The maximum absolute atomic E-state index is 5.74. The number of ether oxygens (including phenoxy) is 1. The van der Waals surface area contributed by atoms with E-state index in [1.165, 1.54) is 0 Å². The second-order valence-corrected chi connectivity index (χ2v) is 4.15. The topological polar surface area (TPSA) is 35.2 Å². The maximum Gasteiger partial charge on any atom is 0.127 e. The van der Waals surface area contributed by atoms with E-state index in [-0.39, 0.29) is 0 Å². The van der Waals surface area contributed by atoms with Gasteiger partial charge in [0.25, 0.3) is 0 Å². The van der Waals surface area contributed by atoms with Crippen LogP contribution in [0.1, 0.15) is 25.3 Å². The second-order valence-electron chi connectivity index (χ2n) is 4.15. The molecule has 1 aromatic carbocycles. The van der Waals surface area contributed by atoms with Gasteiger partial charge in [-0.2, -0.15) is 0 Å². The van der Waals surface area contributed by atoms with Crippen LogP contribution in [-0.4, -0.2) is 0 Å². The van der Waals surface area contributed by atoms with Gasteiger partial charge >= 0.3 is 0 Å². The van der Waals surface area contributed by atoms with Gasteiger partial charge < -0.3 is 10.5 Å². The molecular weight excluding hydrogens is 210 g/mol. The van der Waals surface area contributed by atoms with Crippen molar-refractivity contribution in [3.8, 4) is 5.75 Å². The van der Waals surface area contributed by atoms with Gasteiger partial charge in [-0.15, -0.1) is 0 Å². The Morgan fingerprint density at radius 1 is 1.24 bits per heavy atom. The molecule has 2 heteroatoms. The molecule has 88 valence electrons. The summed E-state index contributed by atoms with van der Waals surface area (Å²) < 4.78 is 5.74. The number of benzene rings is 1. The van der Waals surface area contributed by atoms with Crippen LogP contribution in [0.3, 0.4) is 0 Å². The Morgan fingerprint density at radius 3 is 2.59 bits per heavy atom. The van der Waals surface area contributed by atoms with Gasteiger partial charge in [-0.3, -0.25) is 0 Å². The molecule has 0 bridgehead atoms. The van der Waals surface area contributed by atoms with Gasteiger partial charge in [0.2, 0.25) is 0 Å². The minimum Gasteiger partial charge on any atom is -0.458 e. The van der Waals surface area contributed by atoms with E-state index in [1.54, 1.807) is 0 Å². The lowest BCUT2D eigenvalue weighted by Crippen LogP contribution is -1.95. The molecule has 0 heterocycles. The van der Waals surface area contributed by atoms with Crippen molar-refractivity contribution in [1.82, 2.24) is 0 Å². The Morgan fingerprint density at radius 2 is 2.00 bits per heavy atom. The average molecular weight is 227 g/mol. The molecule has 0 radical (unpaired) electrons. The third-order valence-corrected chi connectivity index (χ3v) is 2.47. The standard InChI is InChI=1S/C15H17NO/c1-12(16)11-13-7-9-15(10-8-13)17-14-5-3-2-4-6-14/h3,5-11H,2,4,16H2,1H3/b12-11+. The number of rotatable bonds is 3. The van der Waals surface area contributed by atoms with Crippen molar-refractivity contribution in [1.29, 1.82) is 0 Å². The van der Waals surface area contributed by atoms with E-state index in [9.17, 15) is 0 Å². The van der Waals surface area contributed by atoms with Crippen LogP contribution >= 0.6 is 0 Å². The first-order valence-corrected chi connectivity index (χ1v) is 5.82. The third-order valence-electron chi connectivity index (χ3n) is 2.47. The molecular formula is C15H17NO. The first-order valence-electron chi connectivity index (χ1n) is 5.82. The molecule has 1 aromatic rings. The molecule has 17 heavy (non-hydrogen) atoms. The summed E-state index contributed by atoms with van der Waals surface area (Å²) in [7, 11) is 0. The molecule has 0 saturated heterocycles. The lowest BCUT2D eigenvalue weighted by atomic mass is 10.1. The fourth-order valence-corrected chi connectivity index (χ4v) is 1.70. The number of hydrogen-bond donors (Lipinski definition) is 1. The summed E-state index contributed by atoms with van der Waals surface area (Å²) in [4.78, 5) is 0. The van der Waals surface area contributed by atoms with Crippen molar-refractivity contribution in [3.05, 3.63) is 59.5 Å². The van der Waals surface area contributed by atoms with Crippen LogP contribution in [0.2, 0.25) is 0 Å². The summed E-state index contributed by atoms with van der Waals surface area (Å²) in [6.07, 6.45) is 10.3. The predicted octanol–water partition coefficient (Wildman–Crippen LogP) is 3.62. The number of hydrogen-bond acceptors (Lipinski definition) is 2. The van der Waals surface area contributed by atoms with Crippen molar-refractivity contribution < 1.29 is 4.74 Å². The summed E-state index contributed by atoms with van der Waals surface area (Å²) >= 11 is 0. The summed E-state index contributed by atoms with van der Waals surface area (Å²) in [5, 5.41) is 0. The average Bonchev–Trinajstić information content (AvgIpc) is 2.32. The van der Waals surface area contributed by atoms with Crippen molar-refractivity contribution in [3.63, 3.8) is 0 Å². The van der Waals surface area contributed by atoms with Crippen LogP contribution in [0, 0.1) is 0 Å². The molecule has 2 rings (SSSR count). The van der Waals surface area contributed by atoms with E-state index in [1.807, 2.05) is 43.3 Å². The first kappa shape index (κ1) is 11.5. The highest BCUT2D eigenvalue weighted by molar-refractivity contribution is 5.52. The predicted molar refractivity (Wildman–Crippen MR) is 71.4 cm³/mol. The van der Waals surface area contributed by atoms with E-state index in [0.29, 0.717) is 0 Å². The smallest absolute Gasteiger partial charge is 0.127 e. The van der Waals surface area contributed by atoms with Crippen LogP contribution in [-0.2, 0) is 0 Å². The quantitative estimate of drug-likeness (QED) is 0.856. The summed E-state index contributed by atoms with van der Waals surface area (Å²) in [6.45, 7) is 1.88. The number of nitrogens with two attached hydrogens (primary N) is 1. The Bertz CT molecular complexity index is 462. The lowest BCUT2D eigenvalue weighted by molar-refractivity contribution is 0.439. The van der Waals surface area contributed by atoms with Crippen molar-refractivity contribution in [2.24, 2.45) is 5.73 Å². The molecule has 2 N–H and O–H groups in total. The SMILES string of the molecule is C/C(N)=C\c1ccc(OC2=CCCC=C2)cc1. The normalized spacial score (nSPS) is 15.6. The van der Waals surface area contributed by atoms with E-state index in [4.69, 9.17) is 10.5 Å². The zero-order valence-corrected chi connectivity index (χ0v) is 10.0. The molecule has 0 aliphatic heterocycles. The van der Waals surface area contributed by atoms with Crippen LogP contribution in [0.4, 0.5) is 0 Å². The van der Waals surface area contributed by atoms with E-state index in [0.717, 1.165) is 35.6 Å². The van der Waals surface area contributed by atoms with Crippen molar-refractivity contribution in [2.75, 3.05) is 0 Å². The molecule has 0 atom stereocenters. The van der Waals surface area contributed by atoms with Crippen LogP contribution in [0.5, 0.6) is 5.75 Å². The van der Waals surface area contributed by atoms with Crippen LogP contribution in [0.25, 0.3) is 6.08 Å². The zero-order chi connectivity index (χ0) is 12.1. The minimum atomic E-state index is 0.802. The summed E-state index contributed by atoms with van der Waals surface area (Å²) in [5.74, 6) is 1.78. The third kappa shape index (κ3) is 3.52. The van der Waals surface area contributed by atoms with E-state index >= 15 is 0 Å². The molecule has 0 fully saturated rings.